The fraction of sp³-hybridized carbons (Fsp3) is 0.545. The van der Waals surface area contributed by atoms with Crippen molar-refractivity contribution in [1.29, 1.82) is 0 Å². The maximum Gasteiger partial charge on any atom is 0.326 e. The molecule has 0 aromatic carbocycles. The third-order valence-electron chi connectivity index (χ3n) is 5.42. The number of aromatic nitrogens is 4. The molecule has 0 aliphatic heterocycles. The zero-order chi connectivity index (χ0) is 26.7. The summed E-state index contributed by atoms with van der Waals surface area (Å²) in [6.07, 6.45) is 8.16. The van der Waals surface area contributed by atoms with Crippen LogP contribution in [-0.4, -0.2) is 84.9 Å². The van der Waals surface area contributed by atoms with Crippen LogP contribution in [0.5, 0.6) is 0 Å². The number of rotatable bonds is 15. The summed E-state index contributed by atoms with van der Waals surface area (Å²) in [5.74, 6) is -2.59. The molecule has 198 valence electrons. The van der Waals surface area contributed by atoms with Gasteiger partial charge < -0.3 is 36.8 Å². The van der Waals surface area contributed by atoms with Crippen molar-refractivity contribution in [2.24, 2.45) is 11.7 Å². The van der Waals surface area contributed by atoms with Crippen LogP contribution in [0, 0.1) is 5.92 Å². The molecule has 3 amide bonds. The Morgan fingerprint density at radius 1 is 0.944 bits per heavy atom. The number of amides is 3. The molecule has 4 unspecified atom stereocenters. The Labute approximate surface area is 213 Å². The van der Waals surface area contributed by atoms with E-state index >= 15 is 0 Å². The number of carbonyl (C=O) groups is 4. The van der Waals surface area contributed by atoms with Gasteiger partial charge in [0.1, 0.15) is 18.1 Å². The zero-order valence-electron chi connectivity index (χ0n) is 20.5. The maximum atomic E-state index is 13.2. The monoisotopic (exact) mass is 522 g/mol. The van der Waals surface area contributed by atoms with Gasteiger partial charge in [0.15, 0.2) is 0 Å². The SMILES string of the molecule is CSCCC(N)C(=O)NC(C(=O)NC(Cc1cnc[nH]1)C(=O)NC(Cc1cnc[nH]1)C(=O)O)C(C)C. The highest BCUT2D eigenvalue weighted by Crippen LogP contribution is 2.08. The molecule has 8 N–H and O–H groups in total. The van der Waals surface area contributed by atoms with E-state index in [4.69, 9.17) is 5.73 Å². The number of hydrogen-bond donors (Lipinski definition) is 7. The number of carboxylic acid groups (broad SMARTS) is 1. The van der Waals surface area contributed by atoms with E-state index in [0.29, 0.717) is 23.6 Å². The smallest absolute Gasteiger partial charge is 0.326 e. The minimum atomic E-state index is -1.26. The Morgan fingerprint density at radius 3 is 1.97 bits per heavy atom. The van der Waals surface area contributed by atoms with Crippen LogP contribution in [0.25, 0.3) is 0 Å². The first-order valence-corrected chi connectivity index (χ1v) is 12.8. The van der Waals surface area contributed by atoms with Crippen LogP contribution in [0.15, 0.2) is 25.0 Å². The molecule has 14 heteroatoms. The summed E-state index contributed by atoms with van der Waals surface area (Å²) in [7, 11) is 0. The summed E-state index contributed by atoms with van der Waals surface area (Å²) >= 11 is 1.56. The van der Waals surface area contributed by atoms with Crippen molar-refractivity contribution >= 4 is 35.5 Å². The van der Waals surface area contributed by atoms with Gasteiger partial charge in [0.2, 0.25) is 17.7 Å². The largest absolute Gasteiger partial charge is 0.480 e. The molecule has 2 rings (SSSR count). The highest BCUT2D eigenvalue weighted by molar-refractivity contribution is 7.98. The summed E-state index contributed by atoms with van der Waals surface area (Å²) in [6, 6.07) is -4.11. The van der Waals surface area contributed by atoms with Crippen LogP contribution in [0.4, 0.5) is 0 Å². The van der Waals surface area contributed by atoms with Gasteiger partial charge in [0.05, 0.1) is 18.7 Å². The fourth-order valence-electron chi connectivity index (χ4n) is 3.35. The molecule has 0 bridgehead atoms. The van der Waals surface area contributed by atoms with Gasteiger partial charge in [-0.3, -0.25) is 14.4 Å². The molecular weight excluding hydrogens is 488 g/mol. The number of nitrogens with one attached hydrogen (secondary N) is 5. The number of imidazole rings is 2. The van der Waals surface area contributed by atoms with Gasteiger partial charge in [-0.05, 0) is 24.3 Å². The lowest BCUT2D eigenvalue weighted by Gasteiger charge is -2.27. The fourth-order valence-corrected chi connectivity index (χ4v) is 3.84. The van der Waals surface area contributed by atoms with E-state index in [1.807, 2.05) is 6.26 Å². The molecule has 2 heterocycles. The molecule has 0 aliphatic rings. The van der Waals surface area contributed by atoms with Crippen molar-refractivity contribution in [3.63, 3.8) is 0 Å². The number of hydrogen-bond acceptors (Lipinski definition) is 8. The van der Waals surface area contributed by atoms with Crippen LogP contribution in [0.1, 0.15) is 31.7 Å². The Bertz CT molecular complexity index is 983. The first-order chi connectivity index (χ1) is 17.1. The topological polar surface area (TPSA) is 208 Å². The lowest BCUT2D eigenvalue weighted by atomic mass is 10.0. The Morgan fingerprint density at radius 2 is 1.50 bits per heavy atom. The summed E-state index contributed by atoms with van der Waals surface area (Å²) in [5.41, 5.74) is 7.02. The summed E-state index contributed by atoms with van der Waals surface area (Å²) in [6.45, 7) is 3.51. The molecular formula is C22H34N8O5S. The second-order valence-electron chi connectivity index (χ2n) is 8.64. The molecule has 2 aromatic heterocycles. The normalized spacial score (nSPS) is 14.5. The summed E-state index contributed by atoms with van der Waals surface area (Å²) < 4.78 is 0. The van der Waals surface area contributed by atoms with Crippen molar-refractivity contribution < 1.29 is 24.3 Å². The first kappa shape index (κ1) is 28.8. The Kier molecular flexibility index (Phi) is 11.4. The maximum absolute atomic E-state index is 13.2. The van der Waals surface area contributed by atoms with Gasteiger partial charge in [-0.15, -0.1) is 0 Å². The van der Waals surface area contributed by atoms with Gasteiger partial charge in [-0.2, -0.15) is 11.8 Å². The van der Waals surface area contributed by atoms with Crippen molar-refractivity contribution in [2.75, 3.05) is 12.0 Å². The van der Waals surface area contributed by atoms with Crippen LogP contribution in [0.3, 0.4) is 0 Å². The van der Waals surface area contributed by atoms with Crippen LogP contribution in [-0.2, 0) is 32.0 Å². The summed E-state index contributed by atoms with van der Waals surface area (Å²) in [4.78, 5) is 64.0. The molecule has 2 aromatic rings. The lowest BCUT2D eigenvalue weighted by molar-refractivity contribution is -0.142. The molecule has 0 radical (unpaired) electrons. The second-order valence-corrected chi connectivity index (χ2v) is 9.63. The van der Waals surface area contributed by atoms with Gasteiger partial charge in [-0.25, -0.2) is 14.8 Å². The minimum Gasteiger partial charge on any atom is -0.480 e. The van der Waals surface area contributed by atoms with Crippen molar-refractivity contribution in [3.05, 3.63) is 36.4 Å². The highest BCUT2D eigenvalue weighted by Gasteiger charge is 2.32. The molecule has 0 fully saturated rings. The van der Waals surface area contributed by atoms with Crippen LogP contribution >= 0.6 is 11.8 Å². The second kappa shape index (κ2) is 14.2. The number of aliphatic carboxylic acids is 1. The number of thioether (sulfide) groups is 1. The van der Waals surface area contributed by atoms with Gasteiger partial charge in [0, 0.05) is 36.6 Å². The van der Waals surface area contributed by atoms with Gasteiger partial charge in [0.25, 0.3) is 0 Å². The molecule has 36 heavy (non-hydrogen) atoms. The number of nitrogens with zero attached hydrogens (tertiary/aromatic N) is 2. The minimum absolute atomic E-state index is 0.0234. The predicted octanol–water partition coefficient (Wildman–Crippen LogP) is -0.807. The van der Waals surface area contributed by atoms with E-state index in [2.05, 4.69) is 35.9 Å². The van der Waals surface area contributed by atoms with E-state index in [-0.39, 0.29) is 18.8 Å². The van der Waals surface area contributed by atoms with Crippen LogP contribution < -0.4 is 21.7 Å². The van der Waals surface area contributed by atoms with Crippen molar-refractivity contribution in [1.82, 2.24) is 35.9 Å². The molecule has 0 saturated heterocycles. The van der Waals surface area contributed by atoms with Crippen molar-refractivity contribution in [3.8, 4) is 0 Å². The first-order valence-electron chi connectivity index (χ1n) is 11.4. The van der Waals surface area contributed by atoms with E-state index in [1.165, 1.54) is 25.0 Å². The molecule has 4 atom stereocenters. The summed E-state index contributed by atoms with van der Waals surface area (Å²) in [5, 5.41) is 17.4. The van der Waals surface area contributed by atoms with E-state index in [1.54, 1.807) is 25.6 Å². The Balaban J connectivity index is 2.15. The lowest BCUT2D eigenvalue weighted by Crippen LogP contribution is -2.59. The number of nitrogens with two attached hydrogens (primary N) is 1. The van der Waals surface area contributed by atoms with Crippen molar-refractivity contribution in [2.45, 2.75) is 57.3 Å². The quantitative estimate of drug-likeness (QED) is 0.156. The van der Waals surface area contributed by atoms with E-state index in [9.17, 15) is 24.3 Å². The number of aromatic amines is 2. The average Bonchev–Trinajstić information content (AvgIpc) is 3.53. The molecule has 13 nitrogen and oxygen atoms in total. The van der Waals surface area contributed by atoms with E-state index in [0.717, 1.165) is 0 Å². The van der Waals surface area contributed by atoms with E-state index < -0.39 is 47.9 Å². The molecule has 0 spiro atoms. The van der Waals surface area contributed by atoms with Gasteiger partial charge >= 0.3 is 5.97 Å². The van der Waals surface area contributed by atoms with Gasteiger partial charge in [-0.1, -0.05) is 13.8 Å². The Hall–Kier alpha value is -3.39. The number of H-pyrrole nitrogens is 2. The third-order valence-corrected chi connectivity index (χ3v) is 6.07. The van der Waals surface area contributed by atoms with Crippen LogP contribution in [0.2, 0.25) is 0 Å². The third kappa shape index (κ3) is 9.00. The standard InChI is InChI=1S/C22H34N8O5S/c1-12(2)18(30-19(31)15(23)4-5-36-3)21(33)28-16(6-13-8-24-10-26-13)20(32)29-17(22(34)35)7-14-9-25-11-27-14/h8-12,15-18H,4-7,23H2,1-3H3,(H,24,26)(H,25,27)(H,28,33)(H,29,32)(H,30,31)(H,34,35). The molecule has 0 aliphatic carbocycles. The number of carboxylic acids is 1. The molecule has 0 saturated carbocycles. The highest BCUT2D eigenvalue weighted by atomic mass is 32.2. The predicted molar refractivity (Wildman–Crippen MR) is 134 cm³/mol. The average molecular weight is 523 g/mol. The zero-order valence-corrected chi connectivity index (χ0v) is 21.3. The number of carbonyl (C=O) groups excluding carboxylic acids is 3.